The van der Waals surface area contributed by atoms with Crippen LogP contribution in [0.25, 0.3) is 0 Å². The quantitative estimate of drug-likeness (QED) is 0.710. The highest BCUT2D eigenvalue weighted by Crippen LogP contribution is 2.31. The molecule has 1 N–H and O–H groups in total. The van der Waals surface area contributed by atoms with Crippen LogP contribution in [0.5, 0.6) is 11.5 Å². The zero-order valence-electron chi connectivity index (χ0n) is 15.1. The van der Waals surface area contributed by atoms with E-state index in [9.17, 15) is 9.90 Å². The fourth-order valence-electron chi connectivity index (χ4n) is 2.96. The number of ether oxygens (including phenoxy) is 1. The molecule has 1 aromatic carbocycles. The van der Waals surface area contributed by atoms with Crippen molar-refractivity contribution in [1.82, 2.24) is 0 Å². The number of Topliss-reactive ketones (excluding diaryl/α,β-unsaturated/α-hetero) is 1. The molecule has 0 radical (unpaired) electrons. The van der Waals surface area contributed by atoms with Gasteiger partial charge in [0, 0.05) is 17.4 Å². The Kier molecular flexibility index (Phi) is 6.05. The number of rotatable bonds is 7. The van der Waals surface area contributed by atoms with Crippen molar-refractivity contribution in [3.8, 4) is 11.5 Å². The molecule has 0 amide bonds. The number of phenolic OH excluding ortho intramolecular Hbond substituents is 1. The number of carbonyl (C=O) groups excluding carboxylic acids is 1. The number of hydrogen-bond acceptors (Lipinski definition) is 4. The van der Waals surface area contributed by atoms with Crippen LogP contribution in [0.1, 0.15) is 51.5 Å². The van der Waals surface area contributed by atoms with E-state index in [-0.39, 0.29) is 11.5 Å². The Morgan fingerprint density at radius 2 is 2.00 bits per heavy atom. The summed E-state index contributed by atoms with van der Waals surface area (Å²) in [5.41, 5.74) is 3.42. The minimum atomic E-state index is 0.171. The number of benzene rings is 1. The Morgan fingerprint density at radius 3 is 2.62 bits per heavy atom. The predicted octanol–water partition coefficient (Wildman–Crippen LogP) is 5.09. The van der Waals surface area contributed by atoms with Crippen LogP contribution in [0.3, 0.4) is 0 Å². The molecule has 0 aliphatic carbocycles. The summed E-state index contributed by atoms with van der Waals surface area (Å²) in [5, 5.41) is 9.52. The van der Waals surface area contributed by atoms with Gasteiger partial charge in [-0.2, -0.15) is 0 Å². The van der Waals surface area contributed by atoms with E-state index in [2.05, 4.69) is 27.7 Å². The van der Waals surface area contributed by atoms with Crippen molar-refractivity contribution >= 4 is 17.1 Å². The summed E-state index contributed by atoms with van der Waals surface area (Å²) >= 11 is 1.62. The Labute approximate surface area is 148 Å². The molecule has 0 saturated heterocycles. The molecule has 3 nitrogen and oxygen atoms in total. The second-order valence-electron chi connectivity index (χ2n) is 6.61. The second-order valence-corrected chi connectivity index (χ2v) is 7.83. The normalized spacial score (nSPS) is 11.1. The maximum atomic E-state index is 12.7. The monoisotopic (exact) mass is 346 g/mol. The van der Waals surface area contributed by atoms with Crippen LogP contribution in [0.2, 0.25) is 0 Å². The maximum absolute atomic E-state index is 12.7. The minimum absolute atomic E-state index is 0.171. The number of methoxy groups -OCH3 is 1. The third kappa shape index (κ3) is 4.18. The summed E-state index contributed by atoms with van der Waals surface area (Å²) in [5.74, 6) is 1.57. The molecule has 0 aliphatic heterocycles. The first kappa shape index (κ1) is 18.5. The highest BCUT2D eigenvalue weighted by Gasteiger charge is 2.19. The predicted molar refractivity (Wildman–Crippen MR) is 99.6 cm³/mol. The number of aromatic hydroxyl groups is 1. The van der Waals surface area contributed by atoms with E-state index in [1.54, 1.807) is 30.6 Å². The van der Waals surface area contributed by atoms with Crippen LogP contribution in [-0.2, 0) is 12.8 Å². The molecular formula is C20H26O3S. The number of carbonyl (C=O) groups is 1. The molecule has 0 spiro atoms. The summed E-state index contributed by atoms with van der Waals surface area (Å²) < 4.78 is 5.29. The average Bonchev–Trinajstić information content (AvgIpc) is 2.81. The molecular weight excluding hydrogens is 320 g/mol. The van der Waals surface area contributed by atoms with E-state index in [4.69, 9.17) is 4.74 Å². The standard InChI is InChI=1S/C20H26O3S/c1-12(2)10-17-13(3)20(24-14(17)4)18(22)9-7-15-6-8-16(21)11-19(15)23-5/h6,8,11-12,21H,7,9-10H2,1-5H3. The van der Waals surface area contributed by atoms with E-state index in [0.29, 0.717) is 24.5 Å². The van der Waals surface area contributed by atoms with Gasteiger partial charge in [-0.1, -0.05) is 19.9 Å². The van der Waals surface area contributed by atoms with Gasteiger partial charge in [-0.3, -0.25) is 4.79 Å². The Morgan fingerprint density at radius 1 is 1.29 bits per heavy atom. The van der Waals surface area contributed by atoms with Crippen LogP contribution in [0.4, 0.5) is 0 Å². The number of ketones is 1. The molecule has 0 bridgehead atoms. The maximum Gasteiger partial charge on any atom is 0.173 e. The molecule has 0 atom stereocenters. The van der Waals surface area contributed by atoms with E-state index >= 15 is 0 Å². The molecule has 2 aromatic rings. The lowest BCUT2D eigenvalue weighted by Gasteiger charge is -2.09. The van der Waals surface area contributed by atoms with E-state index < -0.39 is 0 Å². The molecule has 0 aliphatic rings. The molecule has 130 valence electrons. The van der Waals surface area contributed by atoms with Gasteiger partial charge in [-0.05, 0) is 55.4 Å². The molecule has 24 heavy (non-hydrogen) atoms. The van der Waals surface area contributed by atoms with Crippen LogP contribution in [0, 0.1) is 19.8 Å². The highest BCUT2D eigenvalue weighted by atomic mass is 32.1. The topological polar surface area (TPSA) is 46.5 Å². The zero-order valence-corrected chi connectivity index (χ0v) is 15.9. The third-order valence-electron chi connectivity index (χ3n) is 4.23. The van der Waals surface area contributed by atoms with Crippen molar-refractivity contribution in [3.63, 3.8) is 0 Å². The Balaban J connectivity index is 2.14. The second kappa shape index (κ2) is 7.84. The van der Waals surface area contributed by atoms with Crippen molar-refractivity contribution in [2.24, 2.45) is 5.92 Å². The van der Waals surface area contributed by atoms with Crippen molar-refractivity contribution in [2.45, 2.75) is 47.0 Å². The molecule has 1 heterocycles. The lowest BCUT2D eigenvalue weighted by Crippen LogP contribution is -2.03. The minimum Gasteiger partial charge on any atom is -0.508 e. The van der Waals surface area contributed by atoms with Crippen LogP contribution >= 0.6 is 11.3 Å². The third-order valence-corrected chi connectivity index (χ3v) is 5.52. The Bertz CT molecular complexity index is 729. The lowest BCUT2D eigenvalue weighted by molar-refractivity contribution is 0.0986. The molecule has 0 fully saturated rings. The van der Waals surface area contributed by atoms with Gasteiger partial charge in [0.1, 0.15) is 11.5 Å². The van der Waals surface area contributed by atoms with Crippen molar-refractivity contribution < 1.29 is 14.6 Å². The van der Waals surface area contributed by atoms with Gasteiger partial charge in [0.15, 0.2) is 5.78 Å². The number of aryl methyl sites for hydroxylation is 2. The van der Waals surface area contributed by atoms with Gasteiger partial charge in [0.2, 0.25) is 0 Å². The first-order valence-electron chi connectivity index (χ1n) is 8.31. The van der Waals surface area contributed by atoms with Crippen molar-refractivity contribution in [2.75, 3.05) is 7.11 Å². The number of phenols is 1. The molecule has 1 aromatic heterocycles. The zero-order chi connectivity index (χ0) is 17.9. The fraction of sp³-hybridized carbons (Fsp3) is 0.450. The van der Waals surface area contributed by atoms with Gasteiger partial charge in [-0.15, -0.1) is 11.3 Å². The smallest absolute Gasteiger partial charge is 0.173 e. The van der Waals surface area contributed by atoms with E-state index in [0.717, 1.165) is 22.4 Å². The van der Waals surface area contributed by atoms with Crippen molar-refractivity contribution in [3.05, 3.63) is 44.6 Å². The van der Waals surface area contributed by atoms with Crippen LogP contribution in [-0.4, -0.2) is 18.0 Å². The first-order chi connectivity index (χ1) is 11.3. The fourth-order valence-corrected chi connectivity index (χ4v) is 4.12. The Hall–Kier alpha value is -1.81. The summed E-state index contributed by atoms with van der Waals surface area (Å²) in [4.78, 5) is 14.8. The molecule has 0 saturated carbocycles. The average molecular weight is 346 g/mol. The summed E-state index contributed by atoms with van der Waals surface area (Å²) in [6, 6.07) is 5.03. The largest absolute Gasteiger partial charge is 0.508 e. The van der Waals surface area contributed by atoms with E-state index in [1.165, 1.54) is 10.4 Å². The van der Waals surface area contributed by atoms with Gasteiger partial charge < -0.3 is 9.84 Å². The number of thiophene rings is 1. The van der Waals surface area contributed by atoms with Crippen LogP contribution < -0.4 is 4.74 Å². The van der Waals surface area contributed by atoms with Gasteiger partial charge in [0.05, 0.1) is 12.0 Å². The summed E-state index contributed by atoms with van der Waals surface area (Å²) in [6.07, 6.45) is 2.08. The molecule has 2 rings (SSSR count). The van der Waals surface area contributed by atoms with Crippen molar-refractivity contribution in [1.29, 1.82) is 0 Å². The van der Waals surface area contributed by atoms with E-state index in [1.807, 2.05) is 6.07 Å². The van der Waals surface area contributed by atoms with Gasteiger partial charge >= 0.3 is 0 Å². The molecule has 0 unspecified atom stereocenters. The molecule has 4 heteroatoms. The van der Waals surface area contributed by atoms with Gasteiger partial charge in [-0.25, -0.2) is 0 Å². The number of hydrogen-bond donors (Lipinski definition) is 1. The highest BCUT2D eigenvalue weighted by molar-refractivity contribution is 7.14. The van der Waals surface area contributed by atoms with Gasteiger partial charge in [0.25, 0.3) is 0 Å². The van der Waals surface area contributed by atoms with Crippen LogP contribution in [0.15, 0.2) is 18.2 Å². The SMILES string of the molecule is COc1cc(O)ccc1CCC(=O)c1sc(C)c(CC(C)C)c1C. The lowest BCUT2D eigenvalue weighted by atomic mass is 9.97. The first-order valence-corrected chi connectivity index (χ1v) is 9.13. The summed E-state index contributed by atoms with van der Waals surface area (Å²) in [6.45, 7) is 8.58. The summed E-state index contributed by atoms with van der Waals surface area (Å²) in [7, 11) is 1.57.